The lowest BCUT2D eigenvalue weighted by molar-refractivity contribution is 0.0600. The number of ether oxygens (including phenoxy) is 1. The summed E-state index contributed by atoms with van der Waals surface area (Å²) < 4.78 is 4.99. The van der Waals surface area contributed by atoms with Gasteiger partial charge in [0.2, 0.25) is 0 Å². The zero-order valence-electron chi connectivity index (χ0n) is 6.17. The van der Waals surface area contributed by atoms with Crippen LogP contribution in [0.2, 0.25) is 5.02 Å². The summed E-state index contributed by atoms with van der Waals surface area (Å²) in [7, 11) is 1.30. The average molecular weight is 250 g/mol. The molecule has 0 aliphatic heterocycles. The van der Waals surface area contributed by atoms with E-state index in [2.05, 4.69) is 25.7 Å². The van der Waals surface area contributed by atoms with Crippen molar-refractivity contribution < 1.29 is 9.53 Å². The first-order valence-electron chi connectivity index (χ1n) is 3.04. The molecule has 0 aromatic carbocycles. The Morgan fingerprint density at radius 2 is 2.42 bits per heavy atom. The first-order valence-corrected chi connectivity index (χ1v) is 4.21. The van der Waals surface area contributed by atoms with Crippen LogP contribution in [0, 0.1) is 0 Å². The molecule has 3 nitrogen and oxygen atoms in total. The number of carbonyl (C=O) groups excluding carboxylic acids is 1. The van der Waals surface area contributed by atoms with Gasteiger partial charge < -0.3 is 4.74 Å². The van der Waals surface area contributed by atoms with Crippen LogP contribution in [0.4, 0.5) is 0 Å². The van der Waals surface area contributed by atoms with Crippen LogP contribution in [0.3, 0.4) is 0 Å². The lowest BCUT2D eigenvalue weighted by atomic mass is 10.3. The van der Waals surface area contributed by atoms with Gasteiger partial charge in [-0.05, 0) is 22.0 Å². The Bertz CT molecular complexity index is 316. The van der Waals surface area contributed by atoms with Gasteiger partial charge in [-0.2, -0.15) is 0 Å². The fourth-order valence-corrected chi connectivity index (χ4v) is 1.03. The highest BCUT2D eigenvalue weighted by Gasteiger charge is 2.07. The summed E-state index contributed by atoms with van der Waals surface area (Å²) in [5, 5.41) is 0.387. The molecule has 0 aliphatic rings. The van der Waals surface area contributed by atoms with E-state index >= 15 is 0 Å². The van der Waals surface area contributed by atoms with Crippen molar-refractivity contribution in [3.8, 4) is 0 Å². The van der Waals surface area contributed by atoms with E-state index < -0.39 is 5.97 Å². The second-order valence-corrected chi connectivity index (χ2v) is 3.15. The highest BCUT2D eigenvalue weighted by molar-refractivity contribution is 9.10. The predicted octanol–water partition coefficient (Wildman–Crippen LogP) is 2.28. The van der Waals surface area contributed by atoms with Gasteiger partial charge in [0.1, 0.15) is 4.60 Å². The van der Waals surface area contributed by atoms with E-state index in [-0.39, 0.29) is 0 Å². The Kier molecular flexibility index (Phi) is 3.05. The molecule has 64 valence electrons. The second-order valence-electron chi connectivity index (χ2n) is 1.99. The van der Waals surface area contributed by atoms with Crippen molar-refractivity contribution in [2.75, 3.05) is 7.11 Å². The van der Waals surface area contributed by atoms with Crippen molar-refractivity contribution in [3.05, 3.63) is 27.5 Å². The zero-order chi connectivity index (χ0) is 9.14. The summed E-state index contributed by atoms with van der Waals surface area (Å²) in [6.45, 7) is 0. The standard InChI is InChI=1S/C7H5BrClNO2/c1-12-7(11)4-2-5(9)6(8)10-3-4/h2-3H,1H3. The van der Waals surface area contributed by atoms with E-state index in [1.807, 2.05) is 0 Å². The van der Waals surface area contributed by atoms with Crippen molar-refractivity contribution in [2.24, 2.45) is 0 Å². The van der Waals surface area contributed by atoms with Crippen LogP contribution in [-0.2, 0) is 4.74 Å². The van der Waals surface area contributed by atoms with Crippen LogP contribution in [0.1, 0.15) is 10.4 Å². The summed E-state index contributed by atoms with van der Waals surface area (Å²) in [5.74, 6) is -0.447. The number of rotatable bonds is 1. The molecule has 1 rings (SSSR count). The molecule has 0 fully saturated rings. The predicted molar refractivity (Wildman–Crippen MR) is 48.3 cm³/mol. The van der Waals surface area contributed by atoms with Gasteiger partial charge in [0.05, 0.1) is 17.7 Å². The van der Waals surface area contributed by atoms with Crippen LogP contribution in [0.15, 0.2) is 16.9 Å². The van der Waals surface area contributed by atoms with E-state index in [1.54, 1.807) is 0 Å². The molecule has 0 saturated heterocycles. The molecular weight excluding hydrogens is 245 g/mol. The summed E-state index contributed by atoms with van der Waals surface area (Å²) >= 11 is 8.80. The molecule has 0 saturated carbocycles. The molecule has 0 spiro atoms. The van der Waals surface area contributed by atoms with Crippen LogP contribution in [0.25, 0.3) is 0 Å². The Morgan fingerprint density at radius 3 is 2.92 bits per heavy atom. The number of methoxy groups -OCH3 is 1. The topological polar surface area (TPSA) is 39.2 Å². The number of halogens is 2. The van der Waals surface area contributed by atoms with E-state index in [0.29, 0.717) is 15.2 Å². The van der Waals surface area contributed by atoms with Crippen LogP contribution in [-0.4, -0.2) is 18.1 Å². The third-order valence-corrected chi connectivity index (χ3v) is 2.37. The molecule has 1 aromatic heterocycles. The van der Waals surface area contributed by atoms with Crippen molar-refractivity contribution >= 4 is 33.5 Å². The molecular formula is C7H5BrClNO2. The van der Waals surface area contributed by atoms with Crippen molar-refractivity contribution in [1.29, 1.82) is 0 Å². The van der Waals surface area contributed by atoms with Gasteiger partial charge in [0.25, 0.3) is 0 Å². The number of nitrogens with zero attached hydrogens (tertiary/aromatic N) is 1. The van der Waals surface area contributed by atoms with E-state index in [4.69, 9.17) is 11.6 Å². The van der Waals surface area contributed by atoms with Crippen molar-refractivity contribution in [1.82, 2.24) is 4.98 Å². The van der Waals surface area contributed by atoms with Gasteiger partial charge in [-0.1, -0.05) is 11.6 Å². The van der Waals surface area contributed by atoms with Crippen LogP contribution < -0.4 is 0 Å². The lowest BCUT2D eigenvalue weighted by Crippen LogP contribution is -2.01. The molecule has 1 heterocycles. The molecule has 0 bridgehead atoms. The van der Waals surface area contributed by atoms with Crippen LogP contribution >= 0.6 is 27.5 Å². The Balaban J connectivity index is 3.05. The smallest absolute Gasteiger partial charge is 0.339 e. The minimum Gasteiger partial charge on any atom is -0.465 e. The summed E-state index contributed by atoms with van der Waals surface area (Å²) in [4.78, 5) is 14.8. The number of esters is 1. The van der Waals surface area contributed by atoms with Gasteiger partial charge in [-0.3, -0.25) is 0 Å². The number of carbonyl (C=O) groups is 1. The van der Waals surface area contributed by atoms with E-state index in [1.165, 1.54) is 19.4 Å². The Morgan fingerprint density at radius 1 is 1.75 bits per heavy atom. The maximum Gasteiger partial charge on any atom is 0.339 e. The van der Waals surface area contributed by atoms with Crippen LogP contribution in [0.5, 0.6) is 0 Å². The third kappa shape index (κ3) is 1.95. The maximum absolute atomic E-state index is 10.9. The maximum atomic E-state index is 10.9. The number of hydrogen-bond donors (Lipinski definition) is 0. The quantitative estimate of drug-likeness (QED) is 0.567. The average Bonchev–Trinajstić information content (AvgIpc) is 2.08. The summed E-state index contributed by atoms with van der Waals surface area (Å²) in [6, 6.07) is 1.49. The fourth-order valence-electron chi connectivity index (χ4n) is 0.651. The molecule has 5 heteroatoms. The molecule has 0 N–H and O–H groups in total. The van der Waals surface area contributed by atoms with Gasteiger partial charge in [-0.15, -0.1) is 0 Å². The first kappa shape index (κ1) is 9.48. The number of hydrogen-bond acceptors (Lipinski definition) is 3. The van der Waals surface area contributed by atoms with Crippen molar-refractivity contribution in [2.45, 2.75) is 0 Å². The normalized spacial score (nSPS) is 9.58. The second kappa shape index (κ2) is 3.87. The summed E-state index contributed by atoms with van der Waals surface area (Å²) in [6.07, 6.45) is 1.39. The summed E-state index contributed by atoms with van der Waals surface area (Å²) in [5.41, 5.74) is 0.339. The first-order chi connectivity index (χ1) is 5.65. The Hall–Kier alpha value is -0.610. The minimum absolute atomic E-state index is 0.339. The molecule has 0 aliphatic carbocycles. The van der Waals surface area contributed by atoms with E-state index in [9.17, 15) is 4.79 Å². The van der Waals surface area contributed by atoms with Gasteiger partial charge in [0.15, 0.2) is 0 Å². The third-order valence-electron chi connectivity index (χ3n) is 1.22. The lowest BCUT2D eigenvalue weighted by Gasteiger charge is -1.99. The van der Waals surface area contributed by atoms with Gasteiger partial charge >= 0.3 is 5.97 Å². The molecule has 0 amide bonds. The van der Waals surface area contributed by atoms with Crippen molar-refractivity contribution in [3.63, 3.8) is 0 Å². The molecule has 0 unspecified atom stereocenters. The largest absolute Gasteiger partial charge is 0.465 e. The minimum atomic E-state index is -0.447. The zero-order valence-corrected chi connectivity index (χ0v) is 8.52. The SMILES string of the molecule is COC(=O)c1cnc(Br)c(Cl)c1. The molecule has 0 atom stereocenters. The van der Waals surface area contributed by atoms with E-state index in [0.717, 1.165) is 0 Å². The van der Waals surface area contributed by atoms with Gasteiger partial charge in [0, 0.05) is 6.20 Å². The molecule has 1 aromatic rings. The fraction of sp³-hybridized carbons (Fsp3) is 0.143. The number of pyridine rings is 1. The highest BCUT2D eigenvalue weighted by Crippen LogP contribution is 2.20. The highest BCUT2D eigenvalue weighted by atomic mass is 79.9. The monoisotopic (exact) mass is 249 g/mol. The molecule has 12 heavy (non-hydrogen) atoms. The Labute approximate surface area is 82.8 Å². The van der Waals surface area contributed by atoms with Gasteiger partial charge in [-0.25, -0.2) is 9.78 Å². The number of aromatic nitrogens is 1. The molecule has 0 radical (unpaired) electrons.